The van der Waals surface area contributed by atoms with E-state index in [2.05, 4.69) is 395 Å². The summed E-state index contributed by atoms with van der Waals surface area (Å²) in [4.78, 5) is 10.5. The normalized spacial score (nSPS) is 14.0. The van der Waals surface area contributed by atoms with E-state index in [1.807, 2.05) is 0 Å². The van der Waals surface area contributed by atoms with Crippen molar-refractivity contribution in [2.45, 2.75) is 111 Å². The van der Waals surface area contributed by atoms with Crippen LogP contribution in [0.25, 0.3) is 133 Å². The quantitative estimate of drug-likeness (QED) is 0.164. The lowest BCUT2D eigenvalue weighted by atomic mass is 9.85. The summed E-state index contributed by atoms with van der Waals surface area (Å²) >= 11 is 0. The minimum atomic E-state index is -0.282. The first-order valence-corrected chi connectivity index (χ1v) is 37.2. The fraction of sp³-hybridized carbons (Fsp3) is 0.175. The number of aromatic nitrogens is 5. The lowest BCUT2D eigenvalue weighted by Crippen LogP contribution is -2.40. The minimum Gasteiger partial charge on any atom is -0.346 e. The second-order valence-corrected chi connectivity index (χ2v) is 33.3. The molecule has 0 saturated heterocycles. The number of hydrogen-bond donors (Lipinski definition) is 1. The van der Waals surface area contributed by atoms with E-state index in [9.17, 15) is 5.26 Å². The molecule has 516 valence electrons. The van der Waals surface area contributed by atoms with Crippen LogP contribution in [0.4, 0.5) is 28.4 Å². The van der Waals surface area contributed by atoms with Gasteiger partial charge in [0.1, 0.15) is 11.6 Å². The maximum absolute atomic E-state index is 13.3. The summed E-state index contributed by atoms with van der Waals surface area (Å²) in [5.74, 6) is 0.810. The highest BCUT2D eigenvalue weighted by molar-refractivity contribution is 6.14. The molecule has 0 fully saturated rings. The van der Waals surface area contributed by atoms with E-state index in [0.717, 1.165) is 161 Å². The van der Waals surface area contributed by atoms with Gasteiger partial charge in [0, 0.05) is 44.0 Å². The third-order valence-corrected chi connectivity index (χ3v) is 22.5. The van der Waals surface area contributed by atoms with Gasteiger partial charge in [-0.3, -0.25) is 13.9 Å². The van der Waals surface area contributed by atoms with Crippen molar-refractivity contribution in [1.82, 2.24) is 23.1 Å². The van der Waals surface area contributed by atoms with E-state index >= 15 is 0 Å². The molecule has 13 aromatic carbocycles. The highest BCUT2D eigenvalue weighted by Gasteiger charge is 2.44. The summed E-state index contributed by atoms with van der Waals surface area (Å²) in [6.07, 6.45) is -0.282. The van der Waals surface area contributed by atoms with Gasteiger partial charge in [-0.25, -0.2) is 4.98 Å². The van der Waals surface area contributed by atoms with Crippen LogP contribution in [0.1, 0.15) is 111 Å². The van der Waals surface area contributed by atoms with Gasteiger partial charge in [-0.05, 0) is 205 Å². The van der Waals surface area contributed by atoms with E-state index in [4.69, 9.17) is 4.98 Å². The lowest BCUT2D eigenvalue weighted by molar-refractivity contribution is 0.590. The van der Waals surface area contributed by atoms with Crippen LogP contribution in [0.5, 0.6) is 0 Å². The maximum Gasteiger partial charge on any atom is 0.220 e. The molecule has 0 bridgehead atoms. The van der Waals surface area contributed by atoms with Crippen LogP contribution in [-0.2, 0) is 21.7 Å². The van der Waals surface area contributed by atoms with Crippen LogP contribution in [-0.4, -0.2) is 29.4 Å². The first-order valence-electron chi connectivity index (χ1n) is 37.2. The molecule has 2 aliphatic rings. The van der Waals surface area contributed by atoms with Crippen LogP contribution in [0.15, 0.2) is 273 Å². The van der Waals surface area contributed by atoms with E-state index in [1.165, 1.54) is 22.3 Å². The van der Waals surface area contributed by atoms with Gasteiger partial charge in [0.15, 0.2) is 6.29 Å². The number of para-hydroxylation sites is 2. The largest absolute Gasteiger partial charge is 0.346 e. The summed E-state index contributed by atoms with van der Waals surface area (Å²) in [6.45, 7) is 27.6. The van der Waals surface area contributed by atoms with Crippen molar-refractivity contribution >= 4 is 99.9 Å². The molecular formula is C97H83N9. The average molecular weight is 1370 g/mol. The zero-order valence-corrected chi connectivity index (χ0v) is 62.1. The molecule has 0 amide bonds. The smallest absolute Gasteiger partial charge is 0.220 e. The molecule has 19 rings (SSSR count). The SMILES string of the molecule is CC(C)(C)c1ccc2c(c1)c1cc(C(C)(C)C)ccc1n2-c1c(-c2ccc3c(c2)N2c4cc(-c5ccccc5)ccc4N(c4ccccc4)C2N3)cc(-c2ccc3nc4n(-c5ccccc5)c5ccc(-c6ccccc6)cc5n4c3c2)c(-n2c3ccc(C(C)(C)C)cc3c3cc(C(C)(C)C)ccc32)c1C#N. The second-order valence-electron chi connectivity index (χ2n) is 33.3. The van der Waals surface area contributed by atoms with E-state index < -0.39 is 0 Å². The molecule has 0 radical (unpaired) electrons. The van der Waals surface area contributed by atoms with Crippen molar-refractivity contribution in [3.63, 3.8) is 0 Å². The molecule has 9 nitrogen and oxygen atoms in total. The van der Waals surface area contributed by atoms with Crippen molar-refractivity contribution in [3.8, 4) is 67.6 Å². The van der Waals surface area contributed by atoms with E-state index in [1.54, 1.807) is 0 Å². The second kappa shape index (κ2) is 23.3. The van der Waals surface area contributed by atoms with Crippen molar-refractivity contribution in [3.05, 3.63) is 301 Å². The minimum absolute atomic E-state index is 0.149. The van der Waals surface area contributed by atoms with Gasteiger partial charge in [0.2, 0.25) is 5.78 Å². The highest BCUT2D eigenvalue weighted by atomic mass is 15.5. The molecule has 0 aliphatic carbocycles. The van der Waals surface area contributed by atoms with Gasteiger partial charge in [-0.2, -0.15) is 5.26 Å². The predicted molar refractivity (Wildman–Crippen MR) is 444 cm³/mol. The Morgan fingerprint density at radius 2 is 0.745 bits per heavy atom. The van der Waals surface area contributed by atoms with Crippen LogP contribution < -0.4 is 15.1 Å². The monoisotopic (exact) mass is 1370 g/mol. The predicted octanol–water partition coefficient (Wildman–Crippen LogP) is 25.4. The molecule has 9 heteroatoms. The zero-order chi connectivity index (χ0) is 72.6. The van der Waals surface area contributed by atoms with Crippen LogP contribution in [0, 0.1) is 11.3 Å². The van der Waals surface area contributed by atoms with Gasteiger partial charge in [0.25, 0.3) is 0 Å². The van der Waals surface area contributed by atoms with Gasteiger partial charge < -0.3 is 19.4 Å². The fourth-order valence-corrected chi connectivity index (χ4v) is 16.9. The van der Waals surface area contributed by atoms with Crippen LogP contribution in [0.3, 0.4) is 0 Å². The van der Waals surface area contributed by atoms with Crippen molar-refractivity contribution < 1.29 is 0 Å². The van der Waals surface area contributed by atoms with Crippen molar-refractivity contribution in [2.24, 2.45) is 0 Å². The van der Waals surface area contributed by atoms with E-state index in [0.29, 0.717) is 5.56 Å². The highest BCUT2D eigenvalue weighted by Crippen LogP contribution is 2.56. The molecule has 0 saturated carbocycles. The molecular weight excluding hydrogens is 1290 g/mol. The molecule has 1 atom stereocenters. The summed E-state index contributed by atoms with van der Waals surface area (Å²) in [5.41, 5.74) is 29.1. The van der Waals surface area contributed by atoms with Gasteiger partial charge in [0.05, 0.1) is 78.3 Å². The Labute approximate surface area is 619 Å². The number of imidazole rings is 2. The average Bonchev–Trinajstić information content (AvgIpc) is 1.52. The van der Waals surface area contributed by atoms with Crippen LogP contribution >= 0.6 is 0 Å². The topological polar surface area (TPSA) is 74.4 Å². The number of nitrogens with zero attached hydrogens (tertiary/aromatic N) is 8. The molecule has 2 aliphatic heterocycles. The van der Waals surface area contributed by atoms with Crippen LogP contribution in [0.2, 0.25) is 0 Å². The van der Waals surface area contributed by atoms with Crippen molar-refractivity contribution in [2.75, 3.05) is 15.1 Å². The Hall–Kier alpha value is -12.4. The lowest BCUT2D eigenvalue weighted by Gasteiger charge is -2.27. The summed E-state index contributed by atoms with van der Waals surface area (Å²) < 4.78 is 9.54. The summed E-state index contributed by atoms with van der Waals surface area (Å²) in [7, 11) is 0. The number of nitriles is 1. The Morgan fingerprint density at radius 3 is 1.24 bits per heavy atom. The Kier molecular flexibility index (Phi) is 14.2. The van der Waals surface area contributed by atoms with Gasteiger partial charge in [-0.15, -0.1) is 0 Å². The summed E-state index contributed by atoms with van der Waals surface area (Å²) in [5, 5.41) is 21.9. The molecule has 0 spiro atoms. The molecule has 6 heterocycles. The maximum atomic E-state index is 13.3. The molecule has 106 heavy (non-hydrogen) atoms. The number of benzene rings is 13. The fourth-order valence-electron chi connectivity index (χ4n) is 16.9. The number of rotatable bonds is 8. The number of fused-ring (bicyclic) bond motifs is 16. The Balaban J connectivity index is 0.967. The molecule has 1 unspecified atom stereocenters. The molecule has 17 aromatic rings. The van der Waals surface area contributed by atoms with E-state index in [-0.39, 0.29) is 27.9 Å². The third kappa shape index (κ3) is 10.0. The number of anilines is 5. The third-order valence-electron chi connectivity index (χ3n) is 22.5. The first kappa shape index (κ1) is 64.5. The Bertz CT molecular complexity index is 6390. The standard InChI is InChI=1S/C97H83N9/c1-94(2,3)65-37-45-80-73(53-65)74-54-66(95(4,5)6)38-46-81(74)103(80)90-71(63-33-41-78-86(51-63)105-88-49-61(59-25-17-13-18-26-59)35-43-84(88)101(92(105)99-78)69-29-21-15-22-30-69)57-72(91(77(90)58-98)104-82-47-39-67(96(7,8)9)55-75(82)76-56-68(97(10,11)12)40-48-83(76)104)64-34-42-79-87(52-64)106-89-50-62(60-27-19-14-20-28-60)36-44-85(89)102(93(106)100-79)70-31-23-16-24-32-70/h13-57,92,99H,1-12H3. The number of hydrogen-bond acceptors (Lipinski definition) is 5. The Morgan fingerprint density at radius 1 is 0.330 bits per heavy atom. The summed E-state index contributed by atoms with van der Waals surface area (Å²) in [6, 6.07) is 104. The molecule has 4 aromatic heterocycles. The zero-order valence-electron chi connectivity index (χ0n) is 62.1. The van der Waals surface area contributed by atoms with Gasteiger partial charge in [-0.1, -0.05) is 229 Å². The first-order chi connectivity index (χ1) is 51.0. The van der Waals surface area contributed by atoms with Gasteiger partial charge >= 0.3 is 0 Å². The van der Waals surface area contributed by atoms with Crippen molar-refractivity contribution in [1.29, 1.82) is 5.26 Å². The molecule has 1 N–H and O–H groups in total. The number of nitrogens with one attached hydrogen (secondary N) is 1.